The fourth-order valence-corrected chi connectivity index (χ4v) is 8.17. The molecule has 4 fully saturated rings. The maximum absolute atomic E-state index is 10.2. The Morgan fingerprint density at radius 1 is 0.893 bits per heavy atom. The second-order valence-electron chi connectivity index (χ2n) is 10.9. The van der Waals surface area contributed by atoms with Gasteiger partial charge in [0.25, 0.3) is 0 Å². The summed E-state index contributed by atoms with van der Waals surface area (Å²) in [7, 11) is 0. The van der Waals surface area contributed by atoms with E-state index in [9.17, 15) is 5.11 Å². The second kappa shape index (κ2) is 6.97. The summed E-state index contributed by atoms with van der Waals surface area (Å²) in [4.78, 5) is 5.14. The third-order valence-corrected chi connectivity index (χ3v) is 9.79. The molecule has 0 saturated heterocycles. The van der Waals surface area contributed by atoms with Gasteiger partial charge in [-0.05, 0) is 97.9 Å². The Labute approximate surface area is 170 Å². The Morgan fingerprint density at radius 3 is 2.46 bits per heavy atom. The van der Waals surface area contributed by atoms with Gasteiger partial charge in [0.05, 0.1) is 12.1 Å². The zero-order valence-electron chi connectivity index (χ0n) is 17.7. The molecular weight excluding hydrogens is 342 g/mol. The van der Waals surface area contributed by atoms with Crippen molar-refractivity contribution < 1.29 is 5.11 Å². The predicted octanol–water partition coefficient (Wildman–Crippen LogP) is 5.88. The van der Waals surface area contributed by atoms with Gasteiger partial charge in [-0.25, -0.2) is 0 Å². The van der Waals surface area contributed by atoms with Crippen LogP contribution in [0, 0.1) is 34.5 Å². The number of fused-ring (bicyclic) bond motifs is 5. The molecule has 4 aliphatic rings. The van der Waals surface area contributed by atoms with Crippen LogP contribution in [0.2, 0.25) is 0 Å². The van der Waals surface area contributed by atoms with Crippen LogP contribution in [0.25, 0.3) is 0 Å². The van der Waals surface area contributed by atoms with Gasteiger partial charge in [0.2, 0.25) is 0 Å². The molecule has 0 amide bonds. The first kappa shape index (κ1) is 18.9. The number of aliphatic imine (C=N–C) groups is 1. The van der Waals surface area contributed by atoms with E-state index in [1.54, 1.807) is 0 Å². The number of nitrogens with zero attached hydrogens (tertiary/aromatic N) is 1. The van der Waals surface area contributed by atoms with Crippen LogP contribution in [0.5, 0.6) is 0 Å². The minimum Gasteiger partial charge on any atom is -0.393 e. The Hall–Kier alpha value is -1.15. The van der Waals surface area contributed by atoms with E-state index in [2.05, 4.69) is 50.4 Å². The van der Waals surface area contributed by atoms with Gasteiger partial charge in [-0.3, -0.25) is 4.99 Å². The Morgan fingerprint density at radius 2 is 1.64 bits per heavy atom. The number of aliphatic hydroxyl groups excluding tert-OH is 1. The van der Waals surface area contributed by atoms with E-state index in [4.69, 9.17) is 4.99 Å². The number of rotatable bonds is 2. The molecule has 0 heterocycles. The van der Waals surface area contributed by atoms with Gasteiger partial charge in [-0.2, -0.15) is 0 Å². The molecule has 4 saturated carbocycles. The number of aliphatic hydroxyl groups is 1. The molecule has 8 atom stereocenters. The highest BCUT2D eigenvalue weighted by Gasteiger charge is 2.60. The van der Waals surface area contributed by atoms with Gasteiger partial charge in [0.15, 0.2) is 0 Å². The Bertz CT molecular complexity index is 729. The number of benzene rings is 1. The summed E-state index contributed by atoms with van der Waals surface area (Å²) in [6.45, 7) is 5.15. The molecule has 4 aliphatic carbocycles. The normalized spacial score (nSPS) is 48.1. The van der Waals surface area contributed by atoms with Crippen LogP contribution in [0.15, 0.2) is 35.3 Å². The molecule has 1 aromatic rings. The van der Waals surface area contributed by atoms with Crippen molar-refractivity contribution in [2.24, 2.45) is 39.5 Å². The fraction of sp³-hybridized carbons (Fsp3) is 0.731. The molecule has 152 valence electrons. The highest BCUT2D eigenvalue weighted by atomic mass is 16.3. The molecule has 0 aliphatic heterocycles. The fourth-order valence-electron chi connectivity index (χ4n) is 8.17. The maximum Gasteiger partial charge on any atom is 0.0556 e. The molecule has 2 nitrogen and oxygen atoms in total. The SMILES string of the molecule is C[C@]12CC[C@H](O)C[C@@H]1CC[C@H]1[C@H]2CC[C@]2(C)[C@@H]1CC[C@H]2N=Cc1ccccc1. The summed E-state index contributed by atoms with van der Waals surface area (Å²) < 4.78 is 0. The first-order valence-corrected chi connectivity index (χ1v) is 11.8. The average molecular weight is 380 g/mol. The maximum atomic E-state index is 10.2. The largest absolute Gasteiger partial charge is 0.393 e. The monoisotopic (exact) mass is 379 g/mol. The van der Waals surface area contributed by atoms with Crippen molar-refractivity contribution in [2.75, 3.05) is 0 Å². The third-order valence-electron chi connectivity index (χ3n) is 9.79. The van der Waals surface area contributed by atoms with Gasteiger partial charge >= 0.3 is 0 Å². The zero-order chi connectivity index (χ0) is 19.4. The first-order valence-electron chi connectivity index (χ1n) is 11.8. The molecule has 1 N–H and O–H groups in total. The first-order chi connectivity index (χ1) is 13.5. The van der Waals surface area contributed by atoms with E-state index in [1.807, 2.05) is 0 Å². The van der Waals surface area contributed by atoms with E-state index in [1.165, 1.54) is 50.5 Å². The van der Waals surface area contributed by atoms with Crippen molar-refractivity contribution in [3.8, 4) is 0 Å². The van der Waals surface area contributed by atoms with Crippen molar-refractivity contribution >= 4 is 6.21 Å². The average Bonchev–Trinajstić information content (AvgIpc) is 3.04. The summed E-state index contributed by atoms with van der Waals surface area (Å²) >= 11 is 0. The lowest BCUT2D eigenvalue weighted by Crippen LogP contribution is -2.54. The smallest absolute Gasteiger partial charge is 0.0556 e. The van der Waals surface area contributed by atoms with Crippen molar-refractivity contribution in [3.05, 3.63) is 35.9 Å². The lowest BCUT2D eigenvalue weighted by atomic mass is 9.45. The molecule has 5 rings (SSSR count). The van der Waals surface area contributed by atoms with Crippen molar-refractivity contribution in [1.82, 2.24) is 0 Å². The molecule has 0 unspecified atom stereocenters. The number of hydrogen-bond donors (Lipinski definition) is 1. The predicted molar refractivity (Wildman–Crippen MR) is 116 cm³/mol. The summed E-state index contributed by atoms with van der Waals surface area (Å²) in [5, 5.41) is 10.2. The van der Waals surface area contributed by atoms with Crippen LogP contribution in [0.1, 0.15) is 77.2 Å². The molecule has 1 aromatic carbocycles. The lowest BCUT2D eigenvalue weighted by molar-refractivity contribution is -0.122. The van der Waals surface area contributed by atoms with Crippen LogP contribution < -0.4 is 0 Å². The summed E-state index contributed by atoms with van der Waals surface area (Å²) in [5.41, 5.74) is 2.11. The van der Waals surface area contributed by atoms with E-state index in [0.29, 0.717) is 16.9 Å². The molecule has 0 bridgehead atoms. The summed E-state index contributed by atoms with van der Waals surface area (Å²) in [5.74, 6) is 3.39. The van der Waals surface area contributed by atoms with Crippen LogP contribution >= 0.6 is 0 Å². The zero-order valence-corrected chi connectivity index (χ0v) is 17.7. The van der Waals surface area contributed by atoms with E-state index >= 15 is 0 Å². The van der Waals surface area contributed by atoms with Gasteiger partial charge in [-0.1, -0.05) is 44.2 Å². The second-order valence-corrected chi connectivity index (χ2v) is 10.9. The minimum atomic E-state index is -0.0355. The minimum absolute atomic E-state index is 0.0355. The lowest BCUT2D eigenvalue weighted by Gasteiger charge is -2.60. The van der Waals surface area contributed by atoms with Crippen molar-refractivity contribution in [2.45, 2.75) is 83.8 Å². The highest BCUT2D eigenvalue weighted by Crippen LogP contribution is 2.66. The quantitative estimate of drug-likeness (QED) is 0.640. The van der Waals surface area contributed by atoms with Gasteiger partial charge in [-0.15, -0.1) is 0 Å². The van der Waals surface area contributed by atoms with Crippen LogP contribution in [-0.4, -0.2) is 23.5 Å². The molecule has 0 aromatic heterocycles. The molecule has 2 heteroatoms. The number of hydrogen-bond acceptors (Lipinski definition) is 2. The van der Waals surface area contributed by atoms with Crippen LogP contribution in [-0.2, 0) is 0 Å². The van der Waals surface area contributed by atoms with Crippen molar-refractivity contribution in [3.63, 3.8) is 0 Å². The van der Waals surface area contributed by atoms with E-state index in [-0.39, 0.29) is 6.10 Å². The third kappa shape index (κ3) is 2.90. The van der Waals surface area contributed by atoms with Gasteiger partial charge in [0.1, 0.15) is 0 Å². The topological polar surface area (TPSA) is 32.6 Å². The standard InChI is InChI=1S/C26H37NO/c1-25-14-12-20(28)16-19(25)8-9-21-22-10-11-24(26(22,2)15-13-23(21)25)27-17-18-6-4-3-5-7-18/h3-7,17,19-24,28H,8-16H2,1-2H3/t19-,20-,21+,22+,23+,24+,25-,26+/m0/s1. The Balaban J connectivity index is 1.36. The molecule has 28 heavy (non-hydrogen) atoms. The molecule has 0 radical (unpaired) electrons. The summed E-state index contributed by atoms with van der Waals surface area (Å²) in [6.07, 6.45) is 13.6. The van der Waals surface area contributed by atoms with Crippen molar-refractivity contribution in [1.29, 1.82) is 0 Å². The van der Waals surface area contributed by atoms with E-state index in [0.717, 1.165) is 36.5 Å². The Kier molecular flexibility index (Phi) is 4.69. The van der Waals surface area contributed by atoms with Gasteiger partial charge < -0.3 is 5.11 Å². The van der Waals surface area contributed by atoms with Crippen LogP contribution in [0.4, 0.5) is 0 Å². The molecule has 0 spiro atoms. The molecular formula is C26H37NO. The van der Waals surface area contributed by atoms with Crippen LogP contribution in [0.3, 0.4) is 0 Å². The highest BCUT2D eigenvalue weighted by molar-refractivity contribution is 5.79. The van der Waals surface area contributed by atoms with Gasteiger partial charge in [0, 0.05) is 6.21 Å². The summed E-state index contributed by atoms with van der Waals surface area (Å²) in [6, 6.07) is 11.1. The van der Waals surface area contributed by atoms with E-state index < -0.39 is 0 Å².